The van der Waals surface area contributed by atoms with E-state index in [0.717, 1.165) is 39.0 Å². The molecule has 2 aliphatic heterocycles. The first kappa shape index (κ1) is 14.6. The maximum atomic E-state index is 13.8. The summed E-state index contributed by atoms with van der Waals surface area (Å²) in [6, 6.07) is 0.502. The highest BCUT2D eigenvalue weighted by Gasteiger charge is 2.34. The molecule has 0 radical (unpaired) electrons. The van der Waals surface area contributed by atoms with Crippen LogP contribution in [-0.4, -0.2) is 60.4 Å². The Kier molecular flexibility index (Phi) is 4.66. The van der Waals surface area contributed by atoms with E-state index in [-0.39, 0.29) is 6.09 Å². The van der Waals surface area contributed by atoms with Gasteiger partial charge in [0.05, 0.1) is 6.61 Å². The molecule has 0 N–H and O–H groups in total. The van der Waals surface area contributed by atoms with E-state index in [2.05, 4.69) is 4.90 Å². The van der Waals surface area contributed by atoms with Crippen LogP contribution in [0.3, 0.4) is 0 Å². The molecule has 0 spiro atoms. The third kappa shape index (κ3) is 3.81. The van der Waals surface area contributed by atoms with Gasteiger partial charge in [-0.3, -0.25) is 0 Å². The Labute approximate surface area is 114 Å². The number of alkyl halides is 1. The standard InChI is InChI=1S/C14H25FN2O2/c1-3-19-13(18)17-8-4-12(5-9-17)16-10-6-14(2,15)7-11-16/h12H,3-11H2,1-2H3. The second kappa shape index (κ2) is 6.07. The first-order chi connectivity index (χ1) is 9.02. The molecule has 0 unspecified atom stereocenters. The van der Waals surface area contributed by atoms with Gasteiger partial charge in [-0.05, 0) is 39.5 Å². The zero-order valence-electron chi connectivity index (χ0n) is 12.0. The van der Waals surface area contributed by atoms with E-state index in [1.54, 1.807) is 11.8 Å². The quantitative estimate of drug-likeness (QED) is 0.774. The Morgan fingerprint density at radius 1 is 1.26 bits per heavy atom. The number of carbonyl (C=O) groups is 1. The highest BCUT2D eigenvalue weighted by Crippen LogP contribution is 2.29. The van der Waals surface area contributed by atoms with Gasteiger partial charge < -0.3 is 14.5 Å². The Morgan fingerprint density at radius 3 is 2.37 bits per heavy atom. The molecule has 0 aromatic carbocycles. The minimum Gasteiger partial charge on any atom is -0.450 e. The van der Waals surface area contributed by atoms with Crippen molar-refractivity contribution in [3.8, 4) is 0 Å². The molecule has 2 saturated heterocycles. The average molecular weight is 272 g/mol. The molecule has 2 fully saturated rings. The number of carbonyl (C=O) groups excluding carboxylic acids is 1. The Balaban J connectivity index is 1.76. The summed E-state index contributed by atoms with van der Waals surface area (Å²) in [5.41, 5.74) is -0.984. The summed E-state index contributed by atoms with van der Waals surface area (Å²) < 4.78 is 18.8. The average Bonchev–Trinajstić information content (AvgIpc) is 2.39. The summed E-state index contributed by atoms with van der Waals surface area (Å²) in [4.78, 5) is 15.8. The van der Waals surface area contributed by atoms with E-state index in [0.29, 0.717) is 25.5 Å². The molecule has 110 valence electrons. The molecule has 0 atom stereocenters. The molecule has 0 aromatic heterocycles. The Hall–Kier alpha value is -0.840. The number of nitrogens with zero attached hydrogens (tertiary/aromatic N) is 2. The van der Waals surface area contributed by atoms with Gasteiger partial charge in [0.25, 0.3) is 0 Å². The summed E-state index contributed by atoms with van der Waals surface area (Å²) in [6.45, 7) is 7.16. The highest BCUT2D eigenvalue weighted by molar-refractivity contribution is 5.67. The molecule has 1 amide bonds. The number of hydrogen-bond donors (Lipinski definition) is 0. The van der Waals surface area contributed by atoms with Crippen molar-refractivity contribution >= 4 is 6.09 Å². The van der Waals surface area contributed by atoms with E-state index in [4.69, 9.17) is 4.74 Å². The molecule has 2 heterocycles. The number of piperidine rings is 2. The lowest BCUT2D eigenvalue weighted by Crippen LogP contribution is -2.50. The summed E-state index contributed by atoms with van der Waals surface area (Å²) in [6.07, 6.45) is 3.01. The first-order valence-electron chi connectivity index (χ1n) is 7.36. The van der Waals surface area contributed by atoms with E-state index >= 15 is 0 Å². The van der Waals surface area contributed by atoms with Gasteiger partial charge in [0, 0.05) is 32.2 Å². The maximum Gasteiger partial charge on any atom is 0.409 e. The minimum atomic E-state index is -0.984. The van der Waals surface area contributed by atoms with Gasteiger partial charge in [0.2, 0.25) is 0 Å². The van der Waals surface area contributed by atoms with E-state index in [1.807, 2.05) is 6.92 Å². The highest BCUT2D eigenvalue weighted by atomic mass is 19.1. The van der Waals surface area contributed by atoms with Crippen LogP contribution < -0.4 is 0 Å². The largest absolute Gasteiger partial charge is 0.450 e. The molecule has 0 aliphatic carbocycles. The van der Waals surface area contributed by atoms with Gasteiger partial charge in [0.15, 0.2) is 0 Å². The monoisotopic (exact) mass is 272 g/mol. The van der Waals surface area contributed by atoms with Gasteiger partial charge in [-0.2, -0.15) is 0 Å². The second-order valence-electron chi connectivity index (χ2n) is 5.87. The van der Waals surface area contributed by atoms with Gasteiger partial charge in [-0.25, -0.2) is 9.18 Å². The van der Waals surface area contributed by atoms with E-state index in [1.165, 1.54) is 0 Å². The Bertz CT molecular complexity index is 305. The number of rotatable bonds is 2. The lowest BCUT2D eigenvalue weighted by Gasteiger charge is -2.42. The second-order valence-corrected chi connectivity index (χ2v) is 5.87. The van der Waals surface area contributed by atoms with Crippen LogP contribution >= 0.6 is 0 Å². The maximum absolute atomic E-state index is 13.8. The van der Waals surface area contributed by atoms with Crippen LogP contribution in [0.1, 0.15) is 39.5 Å². The lowest BCUT2D eigenvalue weighted by molar-refractivity contribution is 0.0279. The smallest absolute Gasteiger partial charge is 0.409 e. The third-order valence-electron chi connectivity index (χ3n) is 4.35. The molecular formula is C14H25FN2O2. The SMILES string of the molecule is CCOC(=O)N1CCC(N2CCC(C)(F)CC2)CC1. The molecular weight excluding hydrogens is 247 g/mol. The number of ether oxygens (including phenoxy) is 1. The van der Waals surface area contributed by atoms with Gasteiger partial charge >= 0.3 is 6.09 Å². The van der Waals surface area contributed by atoms with Crippen LogP contribution in [0.2, 0.25) is 0 Å². The van der Waals surface area contributed by atoms with Crippen LogP contribution in [-0.2, 0) is 4.74 Å². The van der Waals surface area contributed by atoms with E-state index in [9.17, 15) is 9.18 Å². The lowest BCUT2D eigenvalue weighted by atomic mass is 9.92. The van der Waals surface area contributed by atoms with Crippen molar-refractivity contribution in [2.75, 3.05) is 32.8 Å². The van der Waals surface area contributed by atoms with Crippen molar-refractivity contribution in [3.63, 3.8) is 0 Å². The van der Waals surface area contributed by atoms with Crippen molar-refractivity contribution in [2.45, 2.75) is 51.2 Å². The van der Waals surface area contributed by atoms with Crippen molar-refractivity contribution in [1.29, 1.82) is 0 Å². The number of amides is 1. The van der Waals surface area contributed by atoms with Gasteiger partial charge in [-0.15, -0.1) is 0 Å². The third-order valence-corrected chi connectivity index (χ3v) is 4.35. The van der Waals surface area contributed by atoms with Crippen LogP contribution in [0, 0.1) is 0 Å². The van der Waals surface area contributed by atoms with Crippen LogP contribution in [0.5, 0.6) is 0 Å². The fraction of sp³-hybridized carbons (Fsp3) is 0.929. The Morgan fingerprint density at radius 2 is 1.84 bits per heavy atom. The zero-order valence-corrected chi connectivity index (χ0v) is 12.0. The van der Waals surface area contributed by atoms with Crippen LogP contribution in [0.4, 0.5) is 9.18 Å². The van der Waals surface area contributed by atoms with Gasteiger partial charge in [0.1, 0.15) is 5.67 Å². The van der Waals surface area contributed by atoms with Crippen molar-refractivity contribution < 1.29 is 13.9 Å². The summed E-state index contributed by atoms with van der Waals surface area (Å²) in [5, 5.41) is 0. The number of halogens is 1. The minimum absolute atomic E-state index is 0.198. The van der Waals surface area contributed by atoms with Crippen molar-refractivity contribution in [2.24, 2.45) is 0 Å². The molecule has 2 aliphatic rings. The summed E-state index contributed by atoms with van der Waals surface area (Å²) in [5.74, 6) is 0. The van der Waals surface area contributed by atoms with Crippen molar-refractivity contribution in [1.82, 2.24) is 9.80 Å². The molecule has 0 aromatic rings. The summed E-state index contributed by atoms with van der Waals surface area (Å²) >= 11 is 0. The van der Waals surface area contributed by atoms with Crippen molar-refractivity contribution in [3.05, 3.63) is 0 Å². The number of hydrogen-bond acceptors (Lipinski definition) is 3. The topological polar surface area (TPSA) is 32.8 Å². The fourth-order valence-corrected chi connectivity index (χ4v) is 2.98. The summed E-state index contributed by atoms with van der Waals surface area (Å²) in [7, 11) is 0. The molecule has 5 heteroatoms. The fourth-order valence-electron chi connectivity index (χ4n) is 2.98. The zero-order chi connectivity index (χ0) is 13.9. The normalized spacial score (nSPS) is 25.3. The number of likely N-dealkylation sites (tertiary alicyclic amines) is 2. The van der Waals surface area contributed by atoms with E-state index < -0.39 is 5.67 Å². The van der Waals surface area contributed by atoms with Gasteiger partial charge in [-0.1, -0.05) is 0 Å². The van der Waals surface area contributed by atoms with Crippen LogP contribution in [0.15, 0.2) is 0 Å². The molecule has 0 saturated carbocycles. The van der Waals surface area contributed by atoms with Crippen LogP contribution in [0.25, 0.3) is 0 Å². The predicted octanol–water partition coefficient (Wildman–Crippen LogP) is 2.43. The molecule has 2 rings (SSSR count). The molecule has 4 nitrogen and oxygen atoms in total. The predicted molar refractivity (Wildman–Crippen MR) is 71.9 cm³/mol. The molecule has 0 bridgehead atoms. The first-order valence-corrected chi connectivity index (χ1v) is 7.36. The molecule has 19 heavy (non-hydrogen) atoms.